The molecular weight excluding hydrogens is 310 g/mol. The van der Waals surface area contributed by atoms with E-state index in [1.165, 1.54) is 31.0 Å². The van der Waals surface area contributed by atoms with Crippen molar-refractivity contribution >= 4 is 28.7 Å². The van der Waals surface area contributed by atoms with E-state index < -0.39 is 0 Å². The third kappa shape index (κ3) is 4.96. The highest BCUT2D eigenvalue weighted by molar-refractivity contribution is 8.15. The van der Waals surface area contributed by atoms with Crippen molar-refractivity contribution in [3.05, 3.63) is 0 Å². The number of nitrogens with one attached hydrogen (secondary N) is 1. The zero-order valence-corrected chi connectivity index (χ0v) is 15.5. The summed E-state index contributed by atoms with van der Waals surface area (Å²) in [7, 11) is 0. The Morgan fingerprint density at radius 2 is 1.91 bits per heavy atom. The largest absolute Gasteiger partial charge is 0.353 e. The summed E-state index contributed by atoms with van der Waals surface area (Å²) < 4.78 is 0. The zero-order valence-electron chi connectivity index (χ0n) is 14.7. The Bertz CT molecular complexity index is 470. The lowest BCUT2D eigenvalue weighted by molar-refractivity contribution is -0.130. The van der Waals surface area contributed by atoms with E-state index >= 15 is 0 Å². The van der Waals surface area contributed by atoms with Crippen molar-refractivity contribution in [1.29, 1.82) is 0 Å². The van der Waals surface area contributed by atoms with Gasteiger partial charge in [0.2, 0.25) is 11.8 Å². The lowest BCUT2D eigenvalue weighted by atomic mass is 9.95. The van der Waals surface area contributed by atoms with Gasteiger partial charge in [0.25, 0.3) is 0 Å². The molecule has 0 radical (unpaired) electrons. The zero-order chi connectivity index (χ0) is 17.0. The van der Waals surface area contributed by atoms with Crippen molar-refractivity contribution in [3.8, 4) is 0 Å². The molecule has 0 aromatic rings. The van der Waals surface area contributed by atoms with Crippen molar-refractivity contribution in [3.63, 3.8) is 0 Å². The number of aliphatic imine (C=N–C) groups is 1. The third-order valence-corrected chi connectivity index (χ3v) is 5.36. The second kappa shape index (κ2) is 8.18. The fourth-order valence-electron chi connectivity index (χ4n) is 3.10. The predicted molar refractivity (Wildman–Crippen MR) is 95.6 cm³/mol. The first-order valence-electron chi connectivity index (χ1n) is 8.75. The first-order chi connectivity index (χ1) is 10.9. The van der Waals surface area contributed by atoms with E-state index in [0.717, 1.165) is 18.0 Å². The number of amidine groups is 1. The summed E-state index contributed by atoms with van der Waals surface area (Å²) in [5.41, 5.74) is 0. The molecule has 2 fully saturated rings. The number of carbonyl (C=O) groups excluding carboxylic acids is 2. The molecule has 1 unspecified atom stereocenters. The lowest BCUT2D eigenvalue weighted by Crippen LogP contribution is -2.41. The monoisotopic (exact) mass is 339 g/mol. The average Bonchev–Trinajstić information content (AvgIpc) is 2.75. The Morgan fingerprint density at radius 3 is 2.48 bits per heavy atom. The molecule has 2 amide bonds. The first kappa shape index (κ1) is 18.3. The highest BCUT2D eigenvalue weighted by atomic mass is 32.2. The van der Waals surface area contributed by atoms with Crippen LogP contribution in [-0.2, 0) is 9.59 Å². The van der Waals surface area contributed by atoms with E-state index in [1.807, 2.05) is 27.7 Å². The normalized spacial score (nSPS) is 25.0. The Hall–Kier alpha value is -1.04. The fourth-order valence-corrected chi connectivity index (χ4v) is 4.49. The number of hydrogen-bond acceptors (Lipinski definition) is 4. The summed E-state index contributed by atoms with van der Waals surface area (Å²) in [6.07, 6.45) is 6.02. The van der Waals surface area contributed by atoms with Crippen LogP contribution in [0.1, 0.15) is 66.2 Å². The molecule has 0 aromatic carbocycles. The van der Waals surface area contributed by atoms with Gasteiger partial charge in [0.15, 0.2) is 5.17 Å². The first-order valence-corrected chi connectivity index (χ1v) is 9.63. The highest BCUT2D eigenvalue weighted by Gasteiger charge is 2.40. The molecule has 1 aliphatic heterocycles. The number of thioether (sulfide) groups is 1. The van der Waals surface area contributed by atoms with Crippen molar-refractivity contribution in [2.75, 3.05) is 0 Å². The van der Waals surface area contributed by atoms with Gasteiger partial charge in [-0.3, -0.25) is 19.5 Å². The summed E-state index contributed by atoms with van der Waals surface area (Å²) in [5.74, 6) is 0.0143. The SMILES string of the molecule is CC(C)N=C1SC(CC(=O)NC2CCCCC2)C(=O)N1C(C)C. The topological polar surface area (TPSA) is 61.8 Å². The number of nitrogens with zero attached hydrogens (tertiary/aromatic N) is 2. The second-order valence-corrected chi connectivity index (χ2v) is 8.19. The van der Waals surface area contributed by atoms with Crippen LogP contribution in [0.25, 0.3) is 0 Å². The minimum Gasteiger partial charge on any atom is -0.353 e. The fraction of sp³-hybridized carbons (Fsp3) is 0.824. The molecule has 1 atom stereocenters. The molecule has 1 heterocycles. The summed E-state index contributed by atoms with van der Waals surface area (Å²) >= 11 is 1.44. The van der Waals surface area contributed by atoms with Gasteiger partial charge in [0.1, 0.15) is 5.25 Å². The Kier molecular flexibility index (Phi) is 6.50. The molecule has 1 saturated heterocycles. The van der Waals surface area contributed by atoms with Crippen LogP contribution in [0.2, 0.25) is 0 Å². The molecular formula is C17H29N3O2S. The van der Waals surface area contributed by atoms with Gasteiger partial charge in [0, 0.05) is 24.5 Å². The van der Waals surface area contributed by atoms with Crippen molar-refractivity contribution in [2.45, 2.75) is 89.6 Å². The summed E-state index contributed by atoms with van der Waals surface area (Å²) in [5, 5.41) is 3.53. The third-order valence-electron chi connectivity index (χ3n) is 4.19. The smallest absolute Gasteiger partial charge is 0.242 e. The van der Waals surface area contributed by atoms with Crippen LogP contribution >= 0.6 is 11.8 Å². The van der Waals surface area contributed by atoms with Gasteiger partial charge in [-0.15, -0.1) is 0 Å². The Balaban J connectivity index is 1.96. The summed E-state index contributed by atoms with van der Waals surface area (Å²) in [4.78, 5) is 31.2. The van der Waals surface area contributed by atoms with Crippen LogP contribution in [0.15, 0.2) is 4.99 Å². The molecule has 1 aliphatic carbocycles. The van der Waals surface area contributed by atoms with Gasteiger partial charge in [-0.2, -0.15) is 0 Å². The summed E-state index contributed by atoms with van der Waals surface area (Å²) in [6, 6.07) is 0.503. The molecule has 1 N–H and O–H groups in total. The Morgan fingerprint density at radius 1 is 1.26 bits per heavy atom. The van der Waals surface area contributed by atoms with Crippen LogP contribution < -0.4 is 5.32 Å². The molecule has 2 rings (SSSR count). The van der Waals surface area contributed by atoms with Gasteiger partial charge in [-0.05, 0) is 40.5 Å². The minimum absolute atomic E-state index is 0.00254. The number of rotatable bonds is 5. The quantitative estimate of drug-likeness (QED) is 0.838. The number of hydrogen-bond donors (Lipinski definition) is 1. The summed E-state index contributed by atoms with van der Waals surface area (Å²) in [6.45, 7) is 7.97. The van der Waals surface area contributed by atoms with E-state index in [4.69, 9.17) is 0 Å². The lowest BCUT2D eigenvalue weighted by Gasteiger charge is -2.23. The van der Waals surface area contributed by atoms with Crippen LogP contribution in [0, 0.1) is 0 Å². The van der Waals surface area contributed by atoms with Crippen molar-refractivity contribution < 1.29 is 9.59 Å². The molecule has 23 heavy (non-hydrogen) atoms. The van der Waals surface area contributed by atoms with E-state index in [1.54, 1.807) is 4.90 Å². The molecule has 0 bridgehead atoms. The van der Waals surface area contributed by atoms with Gasteiger partial charge >= 0.3 is 0 Å². The Labute approximate surface area is 143 Å². The van der Waals surface area contributed by atoms with Crippen LogP contribution in [0.3, 0.4) is 0 Å². The minimum atomic E-state index is -0.335. The second-order valence-electron chi connectivity index (χ2n) is 7.02. The molecule has 1 saturated carbocycles. The number of carbonyl (C=O) groups is 2. The number of amides is 2. The van der Waals surface area contributed by atoms with Crippen LogP contribution in [0.5, 0.6) is 0 Å². The van der Waals surface area contributed by atoms with E-state index in [-0.39, 0.29) is 35.6 Å². The van der Waals surface area contributed by atoms with Crippen LogP contribution in [0.4, 0.5) is 0 Å². The van der Waals surface area contributed by atoms with Crippen molar-refractivity contribution in [2.24, 2.45) is 4.99 Å². The standard InChI is InChI=1S/C17H29N3O2S/c1-11(2)18-17-20(12(3)4)16(22)14(23-17)10-15(21)19-13-8-6-5-7-9-13/h11-14H,5-10H2,1-4H3,(H,19,21). The maximum absolute atomic E-state index is 12.6. The maximum atomic E-state index is 12.6. The molecule has 5 nitrogen and oxygen atoms in total. The highest BCUT2D eigenvalue weighted by Crippen LogP contribution is 2.31. The van der Waals surface area contributed by atoms with Crippen LogP contribution in [-0.4, -0.2) is 45.3 Å². The van der Waals surface area contributed by atoms with E-state index in [0.29, 0.717) is 6.04 Å². The van der Waals surface area contributed by atoms with E-state index in [2.05, 4.69) is 10.3 Å². The molecule has 0 aromatic heterocycles. The maximum Gasteiger partial charge on any atom is 0.242 e. The molecule has 0 spiro atoms. The van der Waals surface area contributed by atoms with Gasteiger partial charge in [-0.1, -0.05) is 31.0 Å². The predicted octanol–water partition coefficient (Wildman–Crippen LogP) is 2.94. The van der Waals surface area contributed by atoms with Gasteiger partial charge < -0.3 is 5.32 Å². The molecule has 6 heteroatoms. The average molecular weight is 340 g/mol. The molecule has 2 aliphatic rings. The molecule has 130 valence electrons. The van der Waals surface area contributed by atoms with E-state index in [9.17, 15) is 9.59 Å². The van der Waals surface area contributed by atoms with Gasteiger partial charge in [-0.25, -0.2) is 0 Å². The van der Waals surface area contributed by atoms with Crippen molar-refractivity contribution in [1.82, 2.24) is 10.2 Å². The van der Waals surface area contributed by atoms with Gasteiger partial charge in [0.05, 0.1) is 0 Å².